The number of fused-ring (bicyclic) bond motifs is 1. The van der Waals surface area contributed by atoms with Crippen molar-refractivity contribution in [3.05, 3.63) is 64.7 Å². The largest absolute Gasteiger partial charge is 0.491 e. The molecule has 0 aliphatic carbocycles. The molecule has 2 aromatic carbocycles. The number of Topliss-reactive ketones (excluding diaryl/α,β-unsaturated/α-hetero) is 1. The lowest BCUT2D eigenvalue weighted by Crippen LogP contribution is -2.41. The topological polar surface area (TPSA) is 99.9 Å². The minimum absolute atomic E-state index is 0.0133. The van der Waals surface area contributed by atoms with Crippen molar-refractivity contribution in [3.8, 4) is 5.75 Å². The average molecular weight is 424 g/mol. The van der Waals surface area contributed by atoms with E-state index in [0.717, 1.165) is 11.1 Å². The Kier molecular flexibility index (Phi) is 6.65. The summed E-state index contributed by atoms with van der Waals surface area (Å²) >= 11 is 0. The van der Waals surface area contributed by atoms with Gasteiger partial charge in [0.15, 0.2) is 12.1 Å². The van der Waals surface area contributed by atoms with Gasteiger partial charge in [0.25, 0.3) is 5.91 Å². The summed E-state index contributed by atoms with van der Waals surface area (Å²) in [6.45, 7) is 1.39. The Labute approximate surface area is 181 Å². The van der Waals surface area contributed by atoms with Crippen LogP contribution in [0.3, 0.4) is 0 Å². The zero-order chi connectivity index (χ0) is 21.8. The Morgan fingerprint density at radius 3 is 2.55 bits per heavy atom. The fourth-order valence-electron chi connectivity index (χ4n) is 4.05. The molecule has 7 heteroatoms. The zero-order valence-corrected chi connectivity index (χ0v) is 17.6. The first-order valence-electron chi connectivity index (χ1n) is 10.7. The van der Waals surface area contributed by atoms with Crippen LogP contribution in [0, 0.1) is 0 Å². The van der Waals surface area contributed by atoms with Crippen LogP contribution in [-0.2, 0) is 9.47 Å². The molecule has 0 spiro atoms. The van der Waals surface area contributed by atoms with Gasteiger partial charge in [0, 0.05) is 30.5 Å². The summed E-state index contributed by atoms with van der Waals surface area (Å²) < 4.78 is 17.0. The molecule has 2 aromatic rings. The Hall–Kier alpha value is -2.74. The summed E-state index contributed by atoms with van der Waals surface area (Å²) in [7, 11) is 1.57. The predicted molar refractivity (Wildman–Crippen MR) is 115 cm³/mol. The van der Waals surface area contributed by atoms with Gasteiger partial charge in [-0.1, -0.05) is 30.3 Å². The molecule has 164 valence electrons. The summed E-state index contributed by atoms with van der Waals surface area (Å²) in [6, 6.07) is 13.4. The summed E-state index contributed by atoms with van der Waals surface area (Å²) in [6.07, 6.45) is 1.29. The van der Waals surface area contributed by atoms with Crippen molar-refractivity contribution in [2.45, 2.75) is 37.5 Å². The second-order valence-electron chi connectivity index (χ2n) is 7.97. The number of benzene rings is 2. The van der Waals surface area contributed by atoms with E-state index in [1.54, 1.807) is 13.1 Å². The average Bonchev–Trinajstić information content (AvgIpc) is 3.23. The zero-order valence-electron chi connectivity index (χ0n) is 17.6. The van der Waals surface area contributed by atoms with Crippen molar-refractivity contribution in [2.75, 3.05) is 26.9 Å². The second-order valence-corrected chi connectivity index (χ2v) is 7.97. The highest BCUT2D eigenvalue weighted by Gasteiger charge is 2.31. The Morgan fingerprint density at radius 1 is 1.10 bits per heavy atom. The van der Waals surface area contributed by atoms with E-state index in [9.17, 15) is 9.59 Å². The predicted octanol–water partition coefficient (Wildman–Crippen LogP) is 2.62. The molecule has 0 unspecified atom stereocenters. The van der Waals surface area contributed by atoms with Gasteiger partial charge >= 0.3 is 0 Å². The molecule has 1 saturated heterocycles. The van der Waals surface area contributed by atoms with Gasteiger partial charge in [-0.2, -0.15) is 0 Å². The number of carbonyl (C=O) groups is 2. The molecule has 0 saturated carbocycles. The maximum absolute atomic E-state index is 13.0. The van der Waals surface area contributed by atoms with Crippen LogP contribution in [-0.4, -0.2) is 50.9 Å². The van der Waals surface area contributed by atoms with E-state index in [2.05, 4.69) is 5.32 Å². The van der Waals surface area contributed by atoms with Crippen molar-refractivity contribution in [1.82, 2.24) is 5.32 Å². The maximum atomic E-state index is 13.0. The molecule has 7 nitrogen and oxygen atoms in total. The van der Waals surface area contributed by atoms with Gasteiger partial charge in [-0.05, 0) is 30.5 Å². The molecule has 0 bridgehead atoms. The van der Waals surface area contributed by atoms with E-state index in [1.165, 1.54) is 0 Å². The number of ether oxygens (including phenoxy) is 3. The fourth-order valence-corrected chi connectivity index (χ4v) is 4.05. The lowest BCUT2D eigenvalue weighted by Gasteiger charge is -2.27. The van der Waals surface area contributed by atoms with E-state index >= 15 is 0 Å². The number of hydrogen-bond donors (Lipinski definition) is 2. The number of nitrogens with one attached hydrogen (secondary N) is 1. The van der Waals surface area contributed by atoms with E-state index in [-0.39, 0.29) is 29.9 Å². The quantitative estimate of drug-likeness (QED) is 0.663. The van der Waals surface area contributed by atoms with Gasteiger partial charge in [-0.15, -0.1) is 0 Å². The third-order valence-corrected chi connectivity index (χ3v) is 5.72. The summed E-state index contributed by atoms with van der Waals surface area (Å²) in [5.41, 5.74) is 8.65. The lowest BCUT2D eigenvalue weighted by molar-refractivity contribution is -0.188. The van der Waals surface area contributed by atoms with E-state index in [0.29, 0.717) is 56.0 Å². The van der Waals surface area contributed by atoms with E-state index < -0.39 is 0 Å². The van der Waals surface area contributed by atoms with Crippen LogP contribution in [0.25, 0.3) is 0 Å². The van der Waals surface area contributed by atoms with Crippen LogP contribution in [0.2, 0.25) is 0 Å². The van der Waals surface area contributed by atoms with Gasteiger partial charge in [0.05, 0.1) is 31.4 Å². The van der Waals surface area contributed by atoms with Gasteiger partial charge in [-0.3, -0.25) is 9.59 Å². The Bertz CT molecular complexity index is 938. The van der Waals surface area contributed by atoms with E-state index in [4.69, 9.17) is 19.9 Å². The highest BCUT2D eigenvalue weighted by molar-refractivity contribution is 6.03. The molecular formula is C24H28N2O5. The Morgan fingerprint density at radius 2 is 1.84 bits per heavy atom. The monoisotopic (exact) mass is 424 g/mol. The summed E-state index contributed by atoms with van der Waals surface area (Å²) in [4.78, 5) is 25.5. The summed E-state index contributed by atoms with van der Waals surface area (Å²) in [5.74, 6) is 0.268. The van der Waals surface area contributed by atoms with Crippen molar-refractivity contribution in [1.29, 1.82) is 0 Å². The molecule has 0 radical (unpaired) electrons. The van der Waals surface area contributed by atoms with Crippen LogP contribution in [0.1, 0.15) is 57.0 Å². The van der Waals surface area contributed by atoms with E-state index in [1.807, 2.05) is 36.4 Å². The van der Waals surface area contributed by atoms with Gasteiger partial charge in [-0.25, -0.2) is 0 Å². The number of nitrogens with two attached hydrogens (primary N) is 1. The maximum Gasteiger partial charge on any atom is 0.254 e. The fraction of sp³-hybridized carbons (Fsp3) is 0.417. The molecule has 31 heavy (non-hydrogen) atoms. The number of amides is 1. The van der Waals surface area contributed by atoms with Gasteiger partial charge in [0.1, 0.15) is 5.75 Å². The molecule has 0 aromatic heterocycles. The number of carbonyl (C=O) groups excluding carboxylic acids is 2. The molecule has 2 aliphatic heterocycles. The molecule has 1 atom stereocenters. The number of rotatable bonds is 7. The van der Waals surface area contributed by atoms with Crippen LogP contribution in [0.15, 0.2) is 42.5 Å². The first kappa shape index (κ1) is 21.5. The van der Waals surface area contributed by atoms with Gasteiger partial charge in [0.2, 0.25) is 0 Å². The molecular weight excluding hydrogens is 396 g/mol. The van der Waals surface area contributed by atoms with Crippen molar-refractivity contribution in [3.63, 3.8) is 0 Å². The van der Waals surface area contributed by atoms with Crippen LogP contribution >= 0.6 is 0 Å². The number of ketones is 1. The second kappa shape index (κ2) is 9.60. The minimum Gasteiger partial charge on any atom is -0.491 e. The highest BCUT2D eigenvalue weighted by Crippen LogP contribution is 2.41. The standard InChI is InChI=1S/C24H28N2O5/c1-26-24(28)19-11-16(21(27)8-5-9-22-29-12-17(25)13-30-22)10-18-20(14-31-23(18)19)15-6-3-2-4-7-15/h2-4,6-7,10-11,17,20,22H,5,8-9,12-14,25H2,1H3,(H,26,28)/t17?,20-,22?/m0/s1. The van der Waals surface area contributed by atoms with Crippen molar-refractivity contribution >= 4 is 11.7 Å². The van der Waals surface area contributed by atoms with Gasteiger partial charge < -0.3 is 25.3 Å². The highest BCUT2D eigenvalue weighted by atomic mass is 16.7. The Balaban J connectivity index is 1.52. The SMILES string of the molecule is CNC(=O)c1cc(C(=O)CCCC2OCC(N)CO2)cc2c1OC[C@H]2c1ccccc1. The molecule has 2 aliphatic rings. The smallest absolute Gasteiger partial charge is 0.254 e. The first-order valence-corrected chi connectivity index (χ1v) is 10.7. The van der Waals surface area contributed by atoms with Crippen molar-refractivity contribution < 1.29 is 23.8 Å². The van der Waals surface area contributed by atoms with Crippen LogP contribution in [0.5, 0.6) is 5.75 Å². The third kappa shape index (κ3) is 4.79. The third-order valence-electron chi connectivity index (χ3n) is 5.72. The lowest BCUT2D eigenvalue weighted by atomic mass is 9.89. The molecule has 1 fully saturated rings. The minimum atomic E-state index is -0.315. The van der Waals surface area contributed by atoms with Crippen molar-refractivity contribution in [2.24, 2.45) is 5.73 Å². The molecule has 2 heterocycles. The number of hydrogen-bond acceptors (Lipinski definition) is 6. The molecule has 4 rings (SSSR count). The van der Waals surface area contributed by atoms with Crippen LogP contribution < -0.4 is 15.8 Å². The molecule has 3 N–H and O–H groups in total. The normalized spacial score (nSPS) is 22.5. The summed E-state index contributed by atoms with van der Waals surface area (Å²) in [5, 5.41) is 2.65. The van der Waals surface area contributed by atoms with Crippen LogP contribution in [0.4, 0.5) is 0 Å². The molecule has 1 amide bonds. The first-order chi connectivity index (χ1) is 15.1.